The zero-order valence-electron chi connectivity index (χ0n) is 19.7. The molecule has 0 aliphatic carbocycles. The molecule has 35 heavy (non-hydrogen) atoms. The number of piperazine rings is 1. The van der Waals surface area contributed by atoms with Crippen LogP contribution in [0, 0.1) is 5.82 Å². The maximum absolute atomic E-state index is 13.3. The lowest BCUT2D eigenvalue weighted by atomic mass is 9.92. The number of carbonyl (C=O) groups is 4. The van der Waals surface area contributed by atoms with Crippen molar-refractivity contribution in [2.45, 2.75) is 31.7 Å². The lowest BCUT2D eigenvalue weighted by molar-refractivity contribution is -0.142. The van der Waals surface area contributed by atoms with Crippen LogP contribution >= 0.6 is 0 Å². The largest absolute Gasteiger partial charge is 0.339 e. The summed E-state index contributed by atoms with van der Waals surface area (Å²) in [7, 11) is 0. The van der Waals surface area contributed by atoms with Crippen molar-refractivity contribution in [2.24, 2.45) is 0 Å². The van der Waals surface area contributed by atoms with Gasteiger partial charge in [-0.1, -0.05) is 42.5 Å². The summed E-state index contributed by atoms with van der Waals surface area (Å²) >= 11 is 0. The molecule has 2 aliphatic rings. The Hall–Kier alpha value is -3.75. The lowest BCUT2D eigenvalue weighted by Gasteiger charge is -2.35. The minimum atomic E-state index is -1.37. The van der Waals surface area contributed by atoms with Gasteiger partial charge in [0.15, 0.2) is 0 Å². The third-order valence-electron chi connectivity index (χ3n) is 6.67. The Morgan fingerprint density at radius 2 is 1.51 bits per heavy atom. The normalized spacial score (nSPS) is 20.2. The van der Waals surface area contributed by atoms with Crippen LogP contribution in [-0.4, -0.2) is 71.2 Å². The van der Waals surface area contributed by atoms with Gasteiger partial charge in [-0.2, -0.15) is 0 Å². The van der Waals surface area contributed by atoms with Crippen LogP contribution in [0.15, 0.2) is 54.6 Å². The van der Waals surface area contributed by atoms with Gasteiger partial charge in [-0.3, -0.25) is 19.3 Å². The van der Waals surface area contributed by atoms with Crippen LogP contribution < -0.4 is 5.32 Å². The van der Waals surface area contributed by atoms with Gasteiger partial charge >= 0.3 is 6.03 Å². The highest BCUT2D eigenvalue weighted by atomic mass is 19.1. The predicted molar refractivity (Wildman–Crippen MR) is 127 cm³/mol. The Labute approximate surface area is 203 Å². The van der Waals surface area contributed by atoms with E-state index >= 15 is 0 Å². The van der Waals surface area contributed by atoms with E-state index in [1.54, 1.807) is 9.80 Å². The first-order chi connectivity index (χ1) is 16.8. The summed E-state index contributed by atoms with van der Waals surface area (Å²) in [6.45, 7) is 2.69. The second-order valence-electron chi connectivity index (χ2n) is 9.05. The molecule has 1 atom stereocenters. The molecule has 0 bridgehead atoms. The summed E-state index contributed by atoms with van der Waals surface area (Å²) in [5.74, 6) is -1.30. The quantitative estimate of drug-likeness (QED) is 0.616. The summed E-state index contributed by atoms with van der Waals surface area (Å²) < 4.78 is 13.3. The second-order valence-corrected chi connectivity index (χ2v) is 9.05. The van der Waals surface area contributed by atoms with Crippen molar-refractivity contribution in [1.29, 1.82) is 0 Å². The van der Waals surface area contributed by atoms with Crippen LogP contribution in [0.3, 0.4) is 0 Å². The van der Waals surface area contributed by atoms with E-state index in [1.807, 2.05) is 30.3 Å². The lowest BCUT2D eigenvalue weighted by Crippen LogP contribution is -2.53. The molecule has 0 radical (unpaired) electrons. The number of hydrogen-bond acceptors (Lipinski definition) is 4. The highest BCUT2D eigenvalue weighted by molar-refractivity contribution is 6.09. The van der Waals surface area contributed by atoms with Crippen molar-refractivity contribution in [3.63, 3.8) is 0 Å². The first-order valence-corrected chi connectivity index (χ1v) is 11.8. The zero-order valence-corrected chi connectivity index (χ0v) is 19.7. The minimum Gasteiger partial charge on any atom is -0.339 e. The van der Waals surface area contributed by atoms with Crippen LogP contribution in [0.25, 0.3) is 0 Å². The van der Waals surface area contributed by atoms with Gasteiger partial charge in [0.25, 0.3) is 5.91 Å². The summed E-state index contributed by atoms with van der Waals surface area (Å²) in [6.07, 6.45) is 2.06. The third kappa shape index (κ3) is 5.34. The van der Waals surface area contributed by atoms with Crippen LogP contribution in [0.1, 0.15) is 30.9 Å². The number of amides is 5. The fraction of sp³-hybridized carbons (Fsp3) is 0.385. The fourth-order valence-electron chi connectivity index (χ4n) is 4.51. The molecule has 8 nitrogen and oxygen atoms in total. The molecule has 2 aromatic carbocycles. The molecule has 9 heteroatoms. The van der Waals surface area contributed by atoms with Gasteiger partial charge < -0.3 is 15.1 Å². The Balaban J connectivity index is 1.26. The standard InChI is InChI=1S/C26H29FN4O4/c1-26(20-10-12-21(27)13-11-20)24(34)31(25(35)28-26)18-23(33)30-16-14-29(15-17-30)22(32)9-5-8-19-6-3-2-4-7-19/h2-4,6-7,10-13H,5,8-9,14-18H2,1H3,(H,28,35). The highest BCUT2D eigenvalue weighted by Crippen LogP contribution is 2.29. The van der Waals surface area contributed by atoms with Crippen molar-refractivity contribution in [1.82, 2.24) is 20.0 Å². The molecule has 4 rings (SSSR count). The van der Waals surface area contributed by atoms with E-state index < -0.39 is 23.3 Å². The number of carbonyl (C=O) groups excluding carboxylic acids is 4. The number of urea groups is 1. The number of imide groups is 1. The SMILES string of the molecule is CC1(c2ccc(F)cc2)NC(=O)N(CC(=O)N2CCN(C(=O)CCCc3ccccc3)CC2)C1=O. The van der Waals surface area contributed by atoms with Crippen LogP contribution in [-0.2, 0) is 26.3 Å². The van der Waals surface area contributed by atoms with Crippen molar-refractivity contribution < 1.29 is 23.6 Å². The Morgan fingerprint density at radius 3 is 2.14 bits per heavy atom. The molecule has 2 aliphatic heterocycles. The molecule has 184 valence electrons. The average molecular weight is 481 g/mol. The van der Waals surface area contributed by atoms with E-state index in [2.05, 4.69) is 5.32 Å². The van der Waals surface area contributed by atoms with Crippen molar-refractivity contribution in [2.75, 3.05) is 32.7 Å². The highest BCUT2D eigenvalue weighted by Gasteiger charge is 2.49. The fourth-order valence-corrected chi connectivity index (χ4v) is 4.51. The topological polar surface area (TPSA) is 90.0 Å². The summed E-state index contributed by atoms with van der Waals surface area (Å²) in [5.41, 5.74) is 0.272. The monoisotopic (exact) mass is 480 g/mol. The molecule has 1 unspecified atom stereocenters. The zero-order chi connectivity index (χ0) is 25.0. The number of nitrogens with one attached hydrogen (secondary N) is 1. The molecule has 2 saturated heterocycles. The van der Waals surface area contributed by atoms with Gasteiger partial charge in [-0.15, -0.1) is 0 Å². The van der Waals surface area contributed by atoms with Crippen LogP contribution in [0.5, 0.6) is 0 Å². The maximum Gasteiger partial charge on any atom is 0.325 e. The van der Waals surface area contributed by atoms with E-state index in [4.69, 9.17) is 0 Å². The van der Waals surface area contributed by atoms with E-state index in [1.165, 1.54) is 36.8 Å². The number of nitrogens with zero attached hydrogens (tertiary/aromatic N) is 3. The minimum absolute atomic E-state index is 0.0668. The predicted octanol–water partition coefficient (Wildman–Crippen LogP) is 2.29. The molecule has 0 spiro atoms. The van der Waals surface area contributed by atoms with Gasteiger partial charge in [0, 0.05) is 32.6 Å². The molecule has 5 amide bonds. The first-order valence-electron chi connectivity index (χ1n) is 11.8. The summed E-state index contributed by atoms with van der Waals surface area (Å²) in [4.78, 5) is 55.1. The van der Waals surface area contributed by atoms with Gasteiger partial charge in [-0.05, 0) is 43.0 Å². The van der Waals surface area contributed by atoms with Crippen molar-refractivity contribution in [3.05, 3.63) is 71.5 Å². The van der Waals surface area contributed by atoms with Gasteiger partial charge in [0.2, 0.25) is 11.8 Å². The number of aryl methyl sites for hydroxylation is 1. The number of halogens is 1. The summed E-state index contributed by atoms with van der Waals surface area (Å²) in [6, 6.07) is 14.7. The van der Waals surface area contributed by atoms with Crippen LogP contribution in [0.2, 0.25) is 0 Å². The van der Waals surface area contributed by atoms with Gasteiger partial charge in [-0.25, -0.2) is 9.18 Å². The van der Waals surface area contributed by atoms with Crippen molar-refractivity contribution in [3.8, 4) is 0 Å². The maximum atomic E-state index is 13.3. The Kier molecular flexibility index (Phi) is 7.14. The van der Waals surface area contributed by atoms with E-state index in [0.717, 1.165) is 17.7 Å². The van der Waals surface area contributed by atoms with Gasteiger partial charge in [0.05, 0.1) is 0 Å². The van der Waals surface area contributed by atoms with E-state index in [9.17, 15) is 23.6 Å². The molecule has 2 aromatic rings. The van der Waals surface area contributed by atoms with Crippen LogP contribution in [0.4, 0.5) is 9.18 Å². The van der Waals surface area contributed by atoms with Crippen molar-refractivity contribution >= 4 is 23.8 Å². The molecular weight excluding hydrogens is 451 g/mol. The Morgan fingerprint density at radius 1 is 0.914 bits per heavy atom. The first kappa shape index (κ1) is 24.4. The number of benzene rings is 2. The molecule has 2 heterocycles. The number of rotatable bonds is 7. The summed E-state index contributed by atoms with van der Waals surface area (Å²) in [5, 5.41) is 2.62. The Bertz CT molecular complexity index is 1100. The molecular formula is C26H29FN4O4. The second kappa shape index (κ2) is 10.2. The molecule has 0 saturated carbocycles. The van der Waals surface area contributed by atoms with Gasteiger partial charge in [0.1, 0.15) is 17.9 Å². The molecule has 1 N–H and O–H groups in total. The molecule has 2 fully saturated rings. The smallest absolute Gasteiger partial charge is 0.325 e. The third-order valence-corrected chi connectivity index (χ3v) is 6.67. The van der Waals surface area contributed by atoms with E-state index in [-0.39, 0.29) is 18.4 Å². The van der Waals surface area contributed by atoms with E-state index in [0.29, 0.717) is 38.2 Å². The number of hydrogen-bond donors (Lipinski definition) is 1. The molecule has 0 aromatic heterocycles. The average Bonchev–Trinajstić information content (AvgIpc) is 3.08.